The maximum Gasteiger partial charge on any atom is 0.167 e. The van der Waals surface area contributed by atoms with E-state index in [4.69, 9.17) is 4.42 Å². The molecule has 1 aromatic carbocycles. The maximum atomic E-state index is 12.0. The van der Waals surface area contributed by atoms with Gasteiger partial charge < -0.3 is 9.73 Å². The van der Waals surface area contributed by atoms with Gasteiger partial charge in [0.2, 0.25) is 0 Å². The number of para-hydroxylation sites is 1. The van der Waals surface area contributed by atoms with E-state index in [1.54, 1.807) is 0 Å². The number of ketones is 1. The van der Waals surface area contributed by atoms with Gasteiger partial charge in [0.25, 0.3) is 0 Å². The van der Waals surface area contributed by atoms with E-state index in [9.17, 15) is 4.79 Å². The number of hydrogen-bond acceptors (Lipinski definition) is 3. The summed E-state index contributed by atoms with van der Waals surface area (Å²) in [5.41, 5.74) is 1.66. The van der Waals surface area contributed by atoms with Gasteiger partial charge >= 0.3 is 0 Å². The Kier molecular flexibility index (Phi) is 2.25. The molecule has 1 unspecified atom stereocenters. The molecule has 1 aromatic heterocycles. The van der Waals surface area contributed by atoms with Crippen molar-refractivity contribution in [3.05, 3.63) is 53.5 Å². The number of carbonyl (C=O) groups excluding carboxylic acids is 1. The number of Topliss-reactive ketones (excluding diaryl/α,β-unsaturated/α-hetero) is 1. The van der Waals surface area contributed by atoms with Gasteiger partial charge in [-0.25, -0.2) is 0 Å². The smallest absolute Gasteiger partial charge is 0.167 e. The Morgan fingerprint density at radius 3 is 2.82 bits per heavy atom. The van der Waals surface area contributed by atoms with E-state index in [1.807, 2.05) is 43.3 Å². The molecule has 3 rings (SSSR count). The molecule has 1 aliphatic heterocycles. The zero-order valence-electron chi connectivity index (χ0n) is 9.57. The number of fused-ring (bicyclic) bond motifs is 1. The normalized spacial score (nSPS) is 18.6. The molecule has 1 atom stereocenters. The number of aryl methyl sites for hydroxylation is 1. The summed E-state index contributed by atoms with van der Waals surface area (Å²) in [4.78, 5) is 12.0. The molecule has 0 spiro atoms. The second-order valence-corrected chi connectivity index (χ2v) is 4.32. The third-order valence-electron chi connectivity index (χ3n) is 3.05. The number of benzene rings is 1. The van der Waals surface area contributed by atoms with Crippen molar-refractivity contribution in [2.24, 2.45) is 0 Å². The lowest BCUT2D eigenvalue weighted by atomic mass is 9.95. The highest BCUT2D eigenvalue weighted by atomic mass is 16.3. The van der Waals surface area contributed by atoms with Crippen LogP contribution < -0.4 is 5.32 Å². The van der Waals surface area contributed by atoms with Crippen LogP contribution in [0.15, 0.2) is 40.8 Å². The average Bonchev–Trinajstić information content (AvgIpc) is 2.76. The summed E-state index contributed by atoms with van der Waals surface area (Å²) in [7, 11) is 0. The average molecular weight is 227 g/mol. The molecule has 17 heavy (non-hydrogen) atoms. The van der Waals surface area contributed by atoms with Crippen LogP contribution in [-0.4, -0.2) is 5.78 Å². The lowest BCUT2D eigenvalue weighted by molar-refractivity contribution is 0.0969. The van der Waals surface area contributed by atoms with E-state index < -0.39 is 0 Å². The van der Waals surface area contributed by atoms with E-state index in [1.165, 1.54) is 0 Å². The Bertz CT molecular complexity index is 571. The van der Waals surface area contributed by atoms with Gasteiger partial charge in [-0.05, 0) is 31.2 Å². The molecule has 1 aliphatic rings. The highest BCUT2D eigenvalue weighted by molar-refractivity contribution is 6.03. The molecule has 3 heteroatoms. The van der Waals surface area contributed by atoms with Gasteiger partial charge in [0.15, 0.2) is 5.78 Å². The first kappa shape index (κ1) is 10.1. The predicted molar refractivity (Wildman–Crippen MR) is 65.2 cm³/mol. The summed E-state index contributed by atoms with van der Waals surface area (Å²) < 4.78 is 5.57. The fourth-order valence-corrected chi connectivity index (χ4v) is 2.20. The Balaban J connectivity index is 1.96. The highest BCUT2D eigenvalue weighted by Gasteiger charge is 2.26. The maximum absolute atomic E-state index is 12.0. The fraction of sp³-hybridized carbons (Fsp3) is 0.214. The van der Waals surface area contributed by atoms with Crippen LogP contribution in [0.4, 0.5) is 5.69 Å². The first-order valence-corrected chi connectivity index (χ1v) is 5.69. The summed E-state index contributed by atoms with van der Waals surface area (Å²) in [6.45, 7) is 1.90. The van der Waals surface area contributed by atoms with Gasteiger partial charge in [-0.1, -0.05) is 12.1 Å². The van der Waals surface area contributed by atoms with E-state index in [0.717, 1.165) is 22.8 Å². The van der Waals surface area contributed by atoms with Crippen molar-refractivity contribution in [2.75, 3.05) is 5.32 Å². The first-order chi connectivity index (χ1) is 8.24. The highest BCUT2D eigenvalue weighted by Crippen LogP contribution is 2.32. The van der Waals surface area contributed by atoms with E-state index in [0.29, 0.717) is 6.42 Å². The van der Waals surface area contributed by atoms with Gasteiger partial charge in [0.1, 0.15) is 11.5 Å². The molecular formula is C14H13NO2. The molecule has 0 saturated carbocycles. The third kappa shape index (κ3) is 1.73. The lowest BCUT2D eigenvalue weighted by Crippen LogP contribution is -2.22. The van der Waals surface area contributed by atoms with Gasteiger partial charge in [-0.3, -0.25) is 4.79 Å². The lowest BCUT2D eigenvalue weighted by Gasteiger charge is -2.24. The molecule has 86 valence electrons. The zero-order valence-corrected chi connectivity index (χ0v) is 9.57. The van der Waals surface area contributed by atoms with Crippen molar-refractivity contribution in [3.8, 4) is 0 Å². The largest absolute Gasteiger partial charge is 0.464 e. The molecule has 0 amide bonds. The molecular weight excluding hydrogens is 214 g/mol. The molecule has 0 fully saturated rings. The van der Waals surface area contributed by atoms with Crippen molar-refractivity contribution in [1.82, 2.24) is 0 Å². The second-order valence-electron chi connectivity index (χ2n) is 4.32. The number of carbonyl (C=O) groups is 1. The third-order valence-corrected chi connectivity index (χ3v) is 3.05. The van der Waals surface area contributed by atoms with Crippen molar-refractivity contribution >= 4 is 11.5 Å². The van der Waals surface area contributed by atoms with Crippen molar-refractivity contribution in [2.45, 2.75) is 19.4 Å². The second kappa shape index (κ2) is 3.77. The Hall–Kier alpha value is -2.03. The molecule has 0 aliphatic carbocycles. The number of nitrogens with one attached hydrogen (secondary N) is 1. The summed E-state index contributed by atoms with van der Waals surface area (Å²) in [5, 5.41) is 3.34. The Labute approximate surface area is 99.4 Å². The molecule has 0 bridgehead atoms. The van der Waals surface area contributed by atoms with Crippen molar-refractivity contribution in [1.29, 1.82) is 0 Å². The molecule has 0 saturated heterocycles. The molecule has 0 radical (unpaired) electrons. The number of anilines is 1. The number of furan rings is 1. The summed E-state index contributed by atoms with van der Waals surface area (Å²) >= 11 is 0. The standard InChI is InChI=1S/C14H13NO2/c1-9-6-7-14(17-9)12-8-13(16)10-4-2-3-5-11(10)15-12/h2-7,12,15H,8H2,1H3. The minimum Gasteiger partial charge on any atom is -0.464 e. The molecule has 3 nitrogen and oxygen atoms in total. The summed E-state index contributed by atoms with van der Waals surface area (Å²) in [6, 6.07) is 11.4. The predicted octanol–water partition coefficient (Wildman–Crippen LogP) is 3.33. The van der Waals surface area contributed by atoms with Crippen LogP contribution in [0.2, 0.25) is 0 Å². The Morgan fingerprint density at radius 2 is 2.06 bits per heavy atom. The Morgan fingerprint density at radius 1 is 1.24 bits per heavy atom. The summed E-state index contributed by atoms with van der Waals surface area (Å²) in [6.07, 6.45) is 0.448. The summed E-state index contributed by atoms with van der Waals surface area (Å²) in [5.74, 6) is 1.86. The number of hydrogen-bond donors (Lipinski definition) is 1. The number of rotatable bonds is 1. The quantitative estimate of drug-likeness (QED) is 0.812. The van der Waals surface area contributed by atoms with Crippen LogP contribution in [0, 0.1) is 6.92 Å². The van der Waals surface area contributed by atoms with Crippen LogP contribution in [0.25, 0.3) is 0 Å². The SMILES string of the molecule is Cc1ccc(C2CC(=O)c3ccccc3N2)o1. The van der Waals surface area contributed by atoms with Crippen LogP contribution >= 0.6 is 0 Å². The zero-order chi connectivity index (χ0) is 11.8. The minimum atomic E-state index is -0.0499. The van der Waals surface area contributed by atoms with Gasteiger partial charge in [-0.15, -0.1) is 0 Å². The van der Waals surface area contributed by atoms with Gasteiger partial charge in [-0.2, -0.15) is 0 Å². The first-order valence-electron chi connectivity index (χ1n) is 5.69. The van der Waals surface area contributed by atoms with Crippen LogP contribution in [-0.2, 0) is 0 Å². The van der Waals surface area contributed by atoms with Crippen LogP contribution in [0.3, 0.4) is 0 Å². The topological polar surface area (TPSA) is 42.2 Å². The molecule has 2 aromatic rings. The van der Waals surface area contributed by atoms with Crippen molar-refractivity contribution in [3.63, 3.8) is 0 Å². The minimum absolute atomic E-state index is 0.0499. The fourth-order valence-electron chi connectivity index (χ4n) is 2.20. The van der Waals surface area contributed by atoms with E-state index >= 15 is 0 Å². The van der Waals surface area contributed by atoms with Gasteiger partial charge in [0.05, 0.1) is 6.04 Å². The van der Waals surface area contributed by atoms with Crippen molar-refractivity contribution < 1.29 is 9.21 Å². The molecule has 1 N–H and O–H groups in total. The van der Waals surface area contributed by atoms with Crippen LogP contribution in [0.1, 0.15) is 34.3 Å². The van der Waals surface area contributed by atoms with Gasteiger partial charge in [0, 0.05) is 17.7 Å². The molecule has 2 heterocycles. The van der Waals surface area contributed by atoms with Crippen LogP contribution in [0.5, 0.6) is 0 Å². The monoisotopic (exact) mass is 227 g/mol. The van der Waals surface area contributed by atoms with E-state index in [2.05, 4.69) is 5.32 Å². The van der Waals surface area contributed by atoms with E-state index in [-0.39, 0.29) is 11.8 Å².